The molecule has 4 rings (SSSR count). The molecule has 0 unspecified atom stereocenters. The third-order valence-electron chi connectivity index (χ3n) is 5.87. The van der Waals surface area contributed by atoms with Gasteiger partial charge in [-0.05, 0) is 61.6 Å². The predicted octanol–water partition coefficient (Wildman–Crippen LogP) is 4.26. The van der Waals surface area contributed by atoms with E-state index in [0.29, 0.717) is 22.7 Å². The molecule has 3 aromatic rings. The molecule has 2 heterocycles. The maximum Gasteiger partial charge on any atom is 0.251 e. The van der Waals surface area contributed by atoms with E-state index in [1.165, 1.54) is 27.8 Å². The van der Waals surface area contributed by atoms with Gasteiger partial charge in [-0.15, -0.1) is 0 Å². The van der Waals surface area contributed by atoms with Crippen LogP contribution in [0.5, 0.6) is 5.75 Å². The molecular formula is C23H26ClN3O4S3. The minimum Gasteiger partial charge on any atom is -0.497 e. The SMILES string of the molecule is COc1ccc2c(c1)sc(=NC(=O)C1CCN(S(=O)(=O)c3ccc(Cl)cc3)CC1)n2CCSC. The number of amides is 1. The second-order valence-electron chi connectivity index (χ2n) is 7.95. The van der Waals surface area contributed by atoms with E-state index >= 15 is 0 Å². The van der Waals surface area contributed by atoms with Crippen molar-refractivity contribution in [1.29, 1.82) is 0 Å². The van der Waals surface area contributed by atoms with Crippen molar-refractivity contribution in [3.05, 3.63) is 52.3 Å². The molecule has 7 nitrogen and oxygen atoms in total. The maximum atomic E-state index is 13.1. The summed E-state index contributed by atoms with van der Waals surface area (Å²) in [5, 5.41) is 0.485. The number of benzene rings is 2. The fourth-order valence-electron chi connectivity index (χ4n) is 3.95. The third-order valence-corrected chi connectivity index (χ3v) is 9.67. The van der Waals surface area contributed by atoms with Crippen molar-refractivity contribution in [1.82, 2.24) is 8.87 Å². The summed E-state index contributed by atoms with van der Waals surface area (Å²) in [6, 6.07) is 12.0. The molecule has 0 saturated carbocycles. The number of thioether (sulfide) groups is 1. The largest absolute Gasteiger partial charge is 0.497 e. The zero-order chi connectivity index (χ0) is 24.3. The lowest BCUT2D eigenvalue weighted by molar-refractivity contribution is -0.122. The zero-order valence-corrected chi connectivity index (χ0v) is 22.1. The molecule has 2 aromatic carbocycles. The standard InChI is InChI=1S/C23H26ClN3O4S3/c1-31-18-5-8-20-21(15-18)33-23(27(20)13-14-32-2)25-22(28)16-9-11-26(12-10-16)34(29,30)19-6-3-17(24)4-7-19/h3-8,15-16H,9-14H2,1-2H3. The Balaban J connectivity index is 1.53. The summed E-state index contributed by atoms with van der Waals surface area (Å²) >= 11 is 9.09. The highest BCUT2D eigenvalue weighted by Gasteiger charge is 2.32. The van der Waals surface area contributed by atoms with E-state index in [1.54, 1.807) is 31.0 Å². The monoisotopic (exact) mass is 539 g/mol. The van der Waals surface area contributed by atoms with Crippen molar-refractivity contribution in [3.63, 3.8) is 0 Å². The summed E-state index contributed by atoms with van der Waals surface area (Å²) in [6.45, 7) is 1.32. The molecule has 1 amide bonds. The first kappa shape index (κ1) is 25.2. The van der Waals surface area contributed by atoms with Crippen molar-refractivity contribution in [2.24, 2.45) is 10.9 Å². The van der Waals surface area contributed by atoms with Gasteiger partial charge in [0.2, 0.25) is 10.0 Å². The van der Waals surface area contributed by atoms with Crippen molar-refractivity contribution in [3.8, 4) is 5.75 Å². The number of aryl methyl sites for hydroxylation is 1. The molecule has 0 bridgehead atoms. The first-order valence-electron chi connectivity index (χ1n) is 10.8. The summed E-state index contributed by atoms with van der Waals surface area (Å²) in [5.74, 6) is 1.17. The van der Waals surface area contributed by atoms with E-state index in [2.05, 4.69) is 9.56 Å². The van der Waals surface area contributed by atoms with Gasteiger partial charge in [0.25, 0.3) is 5.91 Å². The fourth-order valence-corrected chi connectivity index (χ4v) is 7.00. The summed E-state index contributed by atoms with van der Waals surface area (Å²) in [5.41, 5.74) is 1.02. The molecule has 34 heavy (non-hydrogen) atoms. The Hall–Kier alpha value is -1.85. The number of carbonyl (C=O) groups excluding carboxylic acids is 1. The number of aromatic nitrogens is 1. The maximum absolute atomic E-state index is 13.1. The van der Waals surface area contributed by atoms with Crippen LogP contribution < -0.4 is 9.54 Å². The van der Waals surface area contributed by atoms with Crippen molar-refractivity contribution in [2.75, 3.05) is 32.2 Å². The normalized spacial score (nSPS) is 16.3. The molecule has 0 radical (unpaired) electrons. The van der Waals surface area contributed by atoms with E-state index in [1.807, 2.05) is 24.5 Å². The molecule has 0 spiro atoms. The number of hydrogen-bond acceptors (Lipinski definition) is 6. The Kier molecular flexibility index (Phi) is 8.04. The molecule has 1 aromatic heterocycles. The first-order chi connectivity index (χ1) is 16.3. The lowest BCUT2D eigenvalue weighted by Gasteiger charge is -2.29. The second-order valence-corrected chi connectivity index (χ2v) is 12.3. The molecule has 1 aliphatic heterocycles. The van der Waals surface area contributed by atoms with E-state index in [-0.39, 0.29) is 29.8 Å². The van der Waals surface area contributed by atoms with E-state index < -0.39 is 10.0 Å². The van der Waals surface area contributed by atoms with E-state index in [9.17, 15) is 13.2 Å². The van der Waals surface area contributed by atoms with Crippen LogP contribution in [-0.4, -0.2) is 55.4 Å². The molecule has 1 aliphatic rings. The van der Waals surface area contributed by atoms with Crippen LogP contribution >= 0.6 is 34.7 Å². The van der Waals surface area contributed by atoms with Gasteiger partial charge in [-0.2, -0.15) is 21.1 Å². The molecule has 182 valence electrons. The number of piperidine rings is 1. The van der Waals surface area contributed by atoms with Gasteiger partial charge in [-0.25, -0.2) is 8.42 Å². The lowest BCUT2D eigenvalue weighted by Crippen LogP contribution is -2.40. The number of ether oxygens (including phenoxy) is 1. The summed E-state index contributed by atoms with van der Waals surface area (Å²) < 4.78 is 35.7. The Labute approximate surface area is 212 Å². The van der Waals surface area contributed by atoms with Crippen molar-refractivity contribution < 1.29 is 17.9 Å². The third kappa shape index (κ3) is 5.36. The van der Waals surface area contributed by atoms with Gasteiger partial charge in [0.1, 0.15) is 5.75 Å². The highest BCUT2D eigenvalue weighted by molar-refractivity contribution is 7.98. The fraction of sp³-hybridized carbons (Fsp3) is 0.391. The van der Waals surface area contributed by atoms with Gasteiger partial charge < -0.3 is 9.30 Å². The summed E-state index contributed by atoms with van der Waals surface area (Å²) in [6.07, 6.45) is 2.93. The Morgan fingerprint density at radius 1 is 1.21 bits per heavy atom. The average molecular weight is 540 g/mol. The molecular weight excluding hydrogens is 514 g/mol. The van der Waals surface area contributed by atoms with Crippen LogP contribution in [0.3, 0.4) is 0 Å². The van der Waals surface area contributed by atoms with Crippen LogP contribution in [0.4, 0.5) is 0 Å². The van der Waals surface area contributed by atoms with Crippen LogP contribution in [0.1, 0.15) is 12.8 Å². The molecule has 0 atom stereocenters. The number of thiazole rings is 1. The number of carbonyl (C=O) groups is 1. The molecule has 1 saturated heterocycles. The number of rotatable bonds is 7. The second kappa shape index (κ2) is 10.8. The number of hydrogen-bond donors (Lipinski definition) is 0. The zero-order valence-electron chi connectivity index (χ0n) is 18.9. The number of methoxy groups -OCH3 is 1. The molecule has 0 N–H and O–H groups in total. The van der Waals surface area contributed by atoms with Gasteiger partial charge in [-0.3, -0.25) is 4.79 Å². The van der Waals surface area contributed by atoms with Crippen LogP contribution in [0.15, 0.2) is 52.4 Å². The quantitative estimate of drug-likeness (QED) is 0.448. The van der Waals surface area contributed by atoms with Crippen LogP contribution in [-0.2, 0) is 21.4 Å². The Morgan fingerprint density at radius 2 is 1.91 bits per heavy atom. The van der Waals surface area contributed by atoms with Crippen LogP contribution in [0.25, 0.3) is 10.2 Å². The minimum absolute atomic E-state index is 0.194. The highest BCUT2D eigenvalue weighted by Crippen LogP contribution is 2.26. The highest BCUT2D eigenvalue weighted by atomic mass is 35.5. The summed E-state index contributed by atoms with van der Waals surface area (Å²) in [7, 11) is -1.98. The van der Waals surface area contributed by atoms with Gasteiger partial charge >= 0.3 is 0 Å². The van der Waals surface area contributed by atoms with E-state index in [0.717, 1.165) is 28.3 Å². The molecule has 11 heteroatoms. The molecule has 0 aliphatic carbocycles. The predicted molar refractivity (Wildman–Crippen MR) is 138 cm³/mol. The Bertz CT molecular complexity index is 1340. The van der Waals surface area contributed by atoms with Crippen molar-refractivity contribution in [2.45, 2.75) is 24.3 Å². The minimum atomic E-state index is -3.61. The van der Waals surface area contributed by atoms with Crippen LogP contribution in [0.2, 0.25) is 5.02 Å². The average Bonchev–Trinajstić information content (AvgIpc) is 3.18. The summed E-state index contributed by atoms with van der Waals surface area (Å²) in [4.78, 5) is 18.4. The number of halogens is 1. The smallest absolute Gasteiger partial charge is 0.251 e. The Morgan fingerprint density at radius 3 is 2.56 bits per heavy atom. The van der Waals surface area contributed by atoms with Gasteiger partial charge in [-0.1, -0.05) is 22.9 Å². The number of sulfonamides is 1. The van der Waals surface area contributed by atoms with E-state index in [4.69, 9.17) is 16.3 Å². The lowest BCUT2D eigenvalue weighted by atomic mass is 9.98. The first-order valence-corrected chi connectivity index (χ1v) is 14.9. The van der Waals surface area contributed by atoms with Crippen LogP contribution in [0, 0.1) is 5.92 Å². The number of nitrogens with zero attached hydrogens (tertiary/aromatic N) is 3. The van der Waals surface area contributed by atoms with Gasteiger partial charge in [0.05, 0.1) is 22.2 Å². The van der Waals surface area contributed by atoms with Gasteiger partial charge in [0, 0.05) is 36.3 Å². The van der Waals surface area contributed by atoms with Gasteiger partial charge in [0.15, 0.2) is 4.80 Å². The number of fused-ring (bicyclic) bond motifs is 1. The van der Waals surface area contributed by atoms with Crippen molar-refractivity contribution >= 4 is 60.8 Å². The topological polar surface area (TPSA) is 81.0 Å². The molecule has 1 fully saturated rings.